The van der Waals surface area contributed by atoms with Crippen molar-refractivity contribution in [2.24, 2.45) is 0 Å². The molecule has 0 aromatic carbocycles. The molecule has 88 valence electrons. The Morgan fingerprint density at radius 2 is 1.81 bits per heavy atom. The number of rotatable bonds is 0. The topological polar surface area (TPSA) is 181 Å². The highest BCUT2D eigenvalue weighted by atomic mass is 32.3. The number of fused-ring (bicyclic) bond motifs is 1. The van der Waals surface area contributed by atoms with E-state index in [0.29, 0.717) is 17.0 Å². The third-order valence-corrected chi connectivity index (χ3v) is 1.32. The Balaban J connectivity index is 0.000000221. The van der Waals surface area contributed by atoms with Crippen molar-refractivity contribution in [2.45, 2.75) is 0 Å². The average Bonchev–Trinajstić information content (AvgIpc) is 2.47. The van der Waals surface area contributed by atoms with Crippen LogP contribution in [0, 0.1) is 0 Å². The van der Waals surface area contributed by atoms with E-state index < -0.39 is 10.4 Å². The molecule has 0 unspecified atom stereocenters. The van der Waals surface area contributed by atoms with Crippen molar-refractivity contribution in [1.29, 1.82) is 0 Å². The van der Waals surface area contributed by atoms with E-state index in [-0.39, 0.29) is 5.95 Å². The lowest BCUT2D eigenvalue weighted by Crippen LogP contribution is -1.99. The number of hydrogen-bond acceptors (Lipinski definition) is 7. The normalized spacial score (nSPS) is 10.9. The van der Waals surface area contributed by atoms with E-state index in [2.05, 4.69) is 19.9 Å². The lowest BCUT2D eigenvalue weighted by atomic mass is 10.5. The Morgan fingerprint density at radius 1 is 1.25 bits per heavy atom. The van der Waals surface area contributed by atoms with E-state index in [1.807, 2.05) is 0 Å². The fourth-order valence-electron chi connectivity index (χ4n) is 0.876. The summed E-state index contributed by atoms with van der Waals surface area (Å²) in [6.07, 6.45) is 1.50. The van der Waals surface area contributed by atoms with E-state index in [1.165, 1.54) is 6.33 Å². The Labute approximate surface area is 89.3 Å². The van der Waals surface area contributed by atoms with E-state index in [4.69, 9.17) is 29.0 Å². The first-order valence-corrected chi connectivity index (χ1v) is 5.09. The molecule has 0 saturated heterocycles. The van der Waals surface area contributed by atoms with Gasteiger partial charge >= 0.3 is 10.4 Å². The number of nitrogens with two attached hydrogens (primary N) is 2. The third kappa shape index (κ3) is 3.64. The molecule has 0 amide bonds. The van der Waals surface area contributed by atoms with E-state index in [9.17, 15) is 0 Å². The predicted molar refractivity (Wildman–Crippen MR) is 54.7 cm³/mol. The first-order valence-electron chi connectivity index (χ1n) is 3.69. The van der Waals surface area contributed by atoms with Gasteiger partial charge in [0.15, 0.2) is 11.5 Å². The van der Waals surface area contributed by atoms with Gasteiger partial charge in [-0.3, -0.25) is 9.11 Å². The maximum absolute atomic E-state index is 8.74. The standard InChI is InChI=1S/C5H6N6.H2O4S/c6-3-2-4(9-1-8-2)11-5(7)10-3;1-5(2,3)4/h1H,(H5,6,7,8,9,10,11);(H2,1,2,3,4). The first-order chi connectivity index (χ1) is 7.27. The number of aromatic amines is 1. The molecule has 0 spiro atoms. The minimum Gasteiger partial charge on any atom is -0.382 e. The quantitative estimate of drug-likeness (QED) is 0.360. The molecule has 0 aliphatic carbocycles. The monoisotopic (exact) mass is 248 g/mol. The smallest absolute Gasteiger partial charge is 0.382 e. The summed E-state index contributed by atoms with van der Waals surface area (Å²) in [4.78, 5) is 14.3. The number of nitrogen functional groups attached to an aromatic ring is 2. The van der Waals surface area contributed by atoms with Crippen molar-refractivity contribution in [3.05, 3.63) is 6.33 Å². The Morgan fingerprint density at radius 3 is 2.38 bits per heavy atom. The van der Waals surface area contributed by atoms with Gasteiger partial charge < -0.3 is 16.5 Å². The highest BCUT2D eigenvalue weighted by molar-refractivity contribution is 7.79. The molecule has 0 bridgehead atoms. The number of H-pyrrole nitrogens is 1. The van der Waals surface area contributed by atoms with Crippen LogP contribution in [0.3, 0.4) is 0 Å². The van der Waals surface area contributed by atoms with Crippen molar-refractivity contribution in [3.63, 3.8) is 0 Å². The van der Waals surface area contributed by atoms with Crippen LogP contribution < -0.4 is 11.5 Å². The van der Waals surface area contributed by atoms with E-state index in [1.54, 1.807) is 0 Å². The Hall–Kier alpha value is -1.98. The van der Waals surface area contributed by atoms with Gasteiger partial charge in [0, 0.05) is 0 Å². The van der Waals surface area contributed by atoms with Gasteiger partial charge in [-0.15, -0.1) is 0 Å². The molecule has 2 rings (SSSR count). The van der Waals surface area contributed by atoms with Crippen LogP contribution in [-0.2, 0) is 10.4 Å². The molecule has 0 aliphatic heterocycles. The van der Waals surface area contributed by atoms with Crippen LogP contribution in [0.2, 0.25) is 0 Å². The maximum Gasteiger partial charge on any atom is 0.394 e. The minimum absolute atomic E-state index is 0.152. The molecular formula is C5H8N6O4S. The molecule has 0 aliphatic rings. The molecule has 0 atom stereocenters. The van der Waals surface area contributed by atoms with Crippen LogP contribution >= 0.6 is 0 Å². The summed E-state index contributed by atoms with van der Waals surface area (Å²) in [6, 6.07) is 0. The van der Waals surface area contributed by atoms with Crippen molar-refractivity contribution in [2.75, 3.05) is 11.5 Å². The van der Waals surface area contributed by atoms with Gasteiger partial charge in [0.05, 0.1) is 6.33 Å². The number of nitrogens with one attached hydrogen (secondary N) is 1. The zero-order valence-corrected chi connectivity index (χ0v) is 8.51. The molecule has 10 nitrogen and oxygen atoms in total. The van der Waals surface area contributed by atoms with Gasteiger partial charge in [0.2, 0.25) is 5.95 Å². The van der Waals surface area contributed by atoms with E-state index in [0.717, 1.165) is 0 Å². The van der Waals surface area contributed by atoms with Gasteiger partial charge in [-0.2, -0.15) is 18.4 Å². The van der Waals surface area contributed by atoms with Crippen LogP contribution in [-0.4, -0.2) is 37.5 Å². The third-order valence-electron chi connectivity index (χ3n) is 1.32. The Kier molecular flexibility index (Phi) is 3.22. The van der Waals surface area contributed by atoms with Crippen LogP contribution in [0.25, 0.3) is 11.2 Å². The average molecular weight is 248 g/mol. The molecule has 0 fully saturated rings. The van der Waals surface area contributed by atoms with Gasteiger partial charge in [0.25, 0.3) is 0 Å². The van der Waals surface area contributed by atoms with Crippen molar-refractivity contribution < 1.29 is 17.5 Å². The minimum atomic E-state index is -4.67. The number of anilines is 2. The number of nitrogens with zero attached hydrogens (tertiary/aromatic N) is 3. The Bertz CT molecular complexity index is 584. The molecule has 2 aromatic heterocycles. The van der Waals surface area contributed by atoms with Crippen LogP contribution in [0.5, 0.6) is 0 Å². The summed E-state index contributed by atoms with van der Waals surface area (Å²) in [7, 11) is -4.67. The first kappa shape index (κ1) is 12.1. The SMILES string of the molecule is Nc1nc(N)c2nc[nH]c2n1.O=S(=O)(O)O. The fraction of sp³-hybridized carbons (Fsp3) is 0. The lowest BCUT2D eigenvalue weighted by Gasteiger charge is -1.93. The highest BCUT2D eigenvalue weighted by Crippen LogP contribution is 2.12. The summed E-state index contributed by atoms with van der Waals surface area (Å²) >= 11 is 0. The van der Waals surface area contributed by atoms with Gasteiger partial charge in [-0.1, -0.05) is 0 Å². The van der Waals surface area contributed by atoms with Crippen LogP contribution in [0.1, 0.15) is 0 Å². The summed E-state index contributed by atoms with van der Waals surface area (Å²) in [5.41, 5.74) is 11.9. The highest BCUT2D eigenvalue weighted by Gasteiger charge is 2.03. The zero-order valence-electron chi connectivity index (χ0n) is 7.69. The predicted octanol–water partition coefficient (Wildman–Crippen LogP) is -1.14. The molecule has 11 heteroatoms. The van der Waals surface area contributed by atoms with Crippen molar-refractivity contribution >= 4 is 33.3 Å². The molecular weight excluding hydrogens is 240 g/mol. The molecule has 7 N–H and O–H groups in total. The molecule has 16 heavy (non-hydrogen) atoms. The summed E-state index contributed by atoms with van der Waals surface area (Å²) in [5.74, 6) is 0.452. The molecule has 2 heterocycles. The second kappa shape index (κ2) is 4.26. The summed E-state index contributed by atoms with van der Waals surface area (Å²) in [6.45, 7) is 0. The lowest BCUT2D eigenvalue weighted by molar-refractivity contribution is 0.381. The van der Waals surface area contributed by atoms with Gasteiger partial charge in [-0.25, -0.2) is 4.98 Å². The second-order valence-electron chi connectivity index (χ2n) is 2.51. The van der Waals surface area contributed by atoms with Crippen LogP contribution in [0.15, 0.2) is 6.33 Å². The van der Waals surface area contributed by atoms with Gasteiger partial charge in [0.1, 0.15) is 5.52 Å². The van der Waals surface area contributed by atoms with Crippen LogP contribution in [0.4, 0.5) is 11.8 Å². The zero-order chi connectivity index (χ0) is 12.3. The second-order valence-corrected chi connectivity index (χ2v) is 3.41. The number of imidazole rings is 1. The maximum atomic E-state index is 8.74. The molecule has 0 radical (unpaired) electrons. The van der Waals surface area contributed by atoms with Crippen molar-refractivity contribution in [1.82, 2.24) is 19.9 Å². The van der Waals surface area contributed by atoms with Crippen molar-refractivity contribution in [3.8, 4) is 0 Å². The molecule has 2 aromatic rings. The number of hydrogen-bond donors (Lipinski definition) is 5. The van der Waals surface area contributed by atoms with E-state index >= 15 is 0 Å². The largest absolute Gasteiger partial charge is 0.394 e. The fourth-order valence-corrected chi connectivity index (χ4v) is 0.876. The summed E-state index contributed by atoms with van der Waals surface area (Å²) in [5, 5.41) is 0. The molecule has 0 saturated carbocycles. The van der Waals surface area contributed by atoms with Gasteiger partial charge in [-0.05, 0) is 0 Å². The number of aromatic nitrogens is 4. The summed E-state index contributed by atoms with van der Waals surface area (Å²) < 4.78 is 31.6.